The summed E-state index contributed by atoms with van der Waals surface area (Å²) in [5.74, 6) is 0.723. The molecule has 0 unspecified atom stereocenters. The van der Waals surface area contributed by atoms with Crippen molar-refractivity contribution < 1.29 is 0 Å². The number of aromatic nitrogens is 5. The average Bonchev–Trinajstić information content (AvgIpc) is 2.60. The van der Waals surface area contributed by atoms with E-state index in [4.69, 9.17) is 0 Å². The van der Waals surface area contributed by atoms with Crippen LogP contribution in [0.4, 0.5) is 0 Å². The first-order valence-corrected chi connectivity index (χ1v) is 5.29. The number of halogens is 1. The van der Waals surface area contributed by atoms with Gasteiger partial charge in [0, 0.05) is 13.2 Å². The topological polar surface area (TPSA) is 65.6 Å². The fourth-order valence-corrected chi connectivity index (χ4v) is 1.61. The molecule has 6 nitrogen and oxygen atoms in total. The molecule has 2 rings (SSSR count). The fraction of sp³-hybridized carbons (Fsp3) is 0.250. The lowest BCUT2D eigenvalue weighted by atomic mass is 10.5. The van der Waals surface area contributed by atoms with Gasteiger partial charge in [-0.1, -0.05) is 0 Å². The van der Waals surface area contributed by atoms with Crippen LogP contribution < -0.4 is 5.56 Å². The Kier molecular flexibility index (Phi) is 2.80. The average molecular weight is 317 g/mol. The maximum atomic E-state index is 11.7. The minimum atomic E-state index is -0.0615. The van der Waals surface area contributed by atoms with Gasteiger partial charge in [-0.2, -0.15) is 0 Å². The molecular formula is C8H8IN5O. The molecule has 0 spiro atoms. The Morgan fingerprint density at radius 2 is 2.27 bits per heavy atom. The van der Waals surface area contributed by atoms with E-state index in [1.165, 1.54) is 17.1 Å². The van der Waals surface area contributed by atoms with Crippen LogP contribution in [-0.2, 0) is 13.6 Å². The van der Waals surface area contributed by atoms with E-state index in [1.54, 1.807) is 10.9 Å². The van der Waals surface area contributed by atoms with Crippen molar-refractivity contribution in [3.05, 3.63) is 38.6 Å². The molecule has 2 aromatic rings. The molecule has 78 valence electrons. The molecule has 0 N–H and O–H groups in total. The van der Waals surface area contributed by atoms with Gasteiger partial charge in [-0.25, -0.2) is 4.98 Å². The van der Waals surface area contributed by atoms with Crippen LogP contribution >= 0.6 is 22.6 Å². The highest BCUT2D eigenvalue weighted by Gasteiger charge is 2.05. The second-order valence-electron chi connectivity index (χ2n) is 3.03. The van der Waals surface area contributed by atoms with E-state index in [0.29, 0.717) is 10.1 Å². The Morgan fingerprint density at radius 3 is 2.93 bits per heavy atom. The quantitative estimate of drug-likeness (QED) is 0.733. The lowest BCUT2D eigenvalue weighted by Gasteiger charge is -2.03. The molecular weight excluding hydrogens is 309 g/mol. The van der Waals surface area contributed by atoms with Crippen molar-refractivity contribution in [2.75, 3.05) is 0 Å². The van der Waals surface area contributed by atoms with Crippen molar-refractivity contribution in [2.24, 2.45) is 7.05 Å². The molecule has 0 atom stereocenters. The summed E-state index contributed by atoms with van der Waals surface area (Å²) in [6.07, 6.45) is 4.64. The zero-order valence-electron chi connectivity index (χ0n) is 7.96. The lowest BCUT2D eigenvalue weighted by molar-refractivity contribution is 0.661. The predicted octanol–water partition coefficient (Wildman–Crippen LogP) is 0.0247. The standard InChI is InChI=1S/C8H8IN5O/c1-13-5-11-12-7(13)3-14-4-10-2-6(9)8(14)15/h2,4-5H,3H2,1H3. The third-order valence-corrected chi connectivity index (χ3v) is 2.72. The largest absolute Gasteiger partial charge is 0.319 e. The van der Waals surface area contributed by atoms with Crippen molar-refractivity contribution in [2.45, 2.75) is 6.54 Å². The smallest absolute Gasteiger partial charge is 0.267 e. The normalized spacial score (nSPS) is 10.5. The van der Waals surface area contributed by atoms with E-state index in [9.17, 15) is 4.79 Å². The first-order chi connectivity index (χ1) is 7.18. The maximum absolute atomic E-state index is 11.7. The molecule has 0 aliphatic rings. The zero-order chi connectivity index (χ0) is 10.8. The van der Waals surface area contributed by atoms with Crippen molar-refractivity contribution in [3.63, 3.8) is 0 Å². The summed E-state index contributed by atoms with van der Waals surface area (Å²) in [7, 11) is 1.84. The van der Waals surface area contributed by atoms with Gasteiger partial charge in [0.2, 0.25) is 0 Å². The van der Waals surface area contributed by atoms with Crippen LogP contribution in [-0.4, -0.2) is 24.3 Å². The molecule has 15 heavy (non-hydrogen) atoms. The number of hydrogen-bond acceptors (Lipinski definition) is 4. The van der Waals surface area contributed by atoms with Gasteiger partial charge in [0.05, 0.1) is 16.4 Å². The predicted molar refractivity (Wildman–Crippen MR) is 61.3 cm³/mol. The van der Waals surface area contributed by atoms with Crippen molar-refractivity contribution in [1.82, 2.24) is 24.3 Å². The highest BCUT2D eigenvalue weighted by atomic mass is 127. The summed E-state index contributed by atoms with van der Waals surface area (Å²) in [6.45, 7) is 0.388. The molecule has 0 amide bonds. The van der Waals surface area contributed by atoms with Gasteiger partial charge in [0.15, 0.2) is 5.82 Å². The van der Waals surface area contributed by atoms with E-state index in [1.807, 2.05) is 29.6 Å². The van der Waals surface area contributed by atoms with Crippen molar-refractivity contribution >= 4 is 22.6 Å². The van der Waals surface area contributed by atoms with Crippen LogP contribution in [0.15, 0.2) is 23.6 Å². The molecule has 0 aliphatic heterocycles. The van der Waals surface area contributed by atoms with E-state index in [0.717, 1.165) is 5.82 Å². The molecule has 0 bridgehead atoms. The molecule has 0 aliphatic carbocycles. The molecule has 0 fully saturated rings. The minimum absolute atomic E-state index is 0.0615. The second kappa shape index (κ2) is 4.09. The second-order valence-corrected chi connectivity index (χ2v) is 4.19. The summed E-state index contributed by atoms with van der Waals surface area (Å²) < 4.78 is 3.87. The minimum Gasteiger partial charge on any atom is -0.319 e. The van der Waals surface area contributed by atoms with Gasteiger partial charge < -0.3 is 4.57 Å². The van der Waals surface area contributed by atoms with Gasteiger partial charge in [0.1, 0.15) is 6.33 Å². The van der Waals surface area contributed by atoms with Gasteiger partial charge >= 0.3 is 0 Å². The first-order valence-electron chi connectivity index (χ1n) is 4.21. The van der Waals surface area contributed by atoms with Crippen LogP contribution in [0.3, 0.4) is 0 Å². The van der Waals surface area contributed by atoms with Gasteiger partial charge in [-0.05, 0) is 22.6 Å². The number of hydrogen-bond donors (Lipinski definition) is 0. The van der Waals surface area contributed by atoms with E-state index < -0.39 is 0 Å². The van der Waals surface area contributed by atoms with Gasteiger partial charge in [-0.15, -0.1) is 10.2 Å². The van der Waals surface area contributed by atoms with E-state index in [-0.39, 0.29) is 5.56 Å². The molecule has 0 radical (unpaired) electrons. The van der Waals surface area contributed by atoms with E-state index in [2.05, 4.69) is 15.2 Å². The number of nitrogens with zero attached hydrogens (tertiary/aromatic N) is 5. The van der Waals surface area contributed by atoms with Crippen LogP contribution in [0, 0.1) is 3.57 Å². The van der Waals surface area contributed by atoms with Crippen LogP contribution in [0.5, 0.6) is 0 Å². The van der Waals surface area contributed by atoms with Gasteiger partial charge in [0.25, 0.3) is 5.56 Å². The lowest BCUT2D eigenvalue weighted by Crippen LogP contribution is -2.24. The summed E-state index contributed by atoms with van der Waals surface area (Å²) in [4.78, 5) is 15.6. The Bertz CT molecular complexity index is 532. The maximum Gasteiger partial charge on any atom is 0.267 e. The number of rotatable bonds is 2. The highest BCUT2D eigenvalue weighted by Crippen LogP contribution is 1.97. The molecule has 2 aromatic heterocycles. The van der Waals surface area contributed by atoms with Crippen LogP contribution in [0.25, 0.3) is 0 Å². The molecule has 0 saturated heterocycles. The highest BCUT2D eigenvalue weighted by molar-refractivity contribution is 14.1. The van der Waals surface area contributed by atoms with Crippen molar-refractivity contribution in [1.29, 1.82) is 0 Å². The monoisotopic (exact) mass is 317 g/mol. The third kappa shape index (κ3) is 2.06. The Balaban J connectivity index is 2.37. The third-order valence-electron chi connectivity index (χ3n) is 1.98. The first kappa shape index (κ1) is 10.3. The fourth-order valence-electron chi connectivity index (χ4n) is 1.14. The Hall–Kier alpha value is -1.25. The summed E-state index contributed by atoms with van der Waals surface area (Å²) >= 11 is 1.96. The number of aryl methyl sites for hydroxylation is 1. The SMILES string of the molecule is Cn1cnnc1Cn1cncc(I)c1=O. The summed E-state index contributed by atoms with van der Waals surface area (Å²) in [5, 5.41) is 7.65. The summed E-state index contributed by atoms with van der Waals surface area (Å²) in [5.41, 5.74) is -0.0615. The van der Waals surface area contributed by atoms with Crippen LogP contribution in [0.2, 0.25) is 0 Å². The molecule has 0 aromatic carbocycles. The zero-order valence-corrected chi connectivity index (χ0v) is 10.1. The molecule has 7 heteroatoms. The van der Waals surface area contributed by atoms with E-state index >= 15 is 0 Å². The Labute approximate surface area is 99.1 Å². The van der Waals surface area contributed by atoms with Crippen molar-refractivity contribution in [3.8, 4) is 0 Å². The summed E-state index contributed by atoms with van der Waals surface area (Å²) in [6, 6.07) is 0. The molecule has 2 heterocycles. The van der Waals surface area contributed by atoms with Crippen LogP contribution in [0.1, 0.15) is 5.82 Å². The Morgan fingerprint density at radius 1 is 1.47 bits per heavy atom. The molecule has 0 saturated carbocycles. The van der Waals surface area contributed by atoms with Gasteiger partial charge in [-0.3, -0.25) is 9.36 Å².